The van der Waals surface area contributed by atoms with Crippen molar-refractivity contribution in [3.63, 3.8) is 0 Å². The second-order valence-corrected chi connectivity index (χ2v) is 6.91. The van der Waals surface area contributed by atoms with Gasteiger partial charge in [-0.2, -0.15) is 0 Å². The minimum Gasteiger partial charge on any atom is -0.494 e. The van der Waals surface area contributed by atoms with Crippen molar-refractivity contribution in [3.05, 3.63) is 47.8 Å². The van der Waals surface area contributed by atoms with Crippen LogP contribution in [-0.4, -0.2) is 26.2 Å². The molecule has 1 saturated carbocycles. The van der Waals surface area contributed by atoms with E-state index in [0.29, 0.717) is 23.6 Å². The number of hydrogen-bond donors (Lipinski definition) is 1. The number of halogens is 1. The predicted octanol–water partition coefficient (Wildman–Crippen LogP) is 4.74. The Hall–Kier alpha value is -2.76. The number of methoxy groups -OCH3 is 2. The van der Waals surface area contributed by atoms with Crippen LogP contribution in [-0.2, 0) is 11.2 Å². The van der Waals surface area contributed by atoms with Gasteiger partial charge in [0.05, 0.1) is 20.3 Å². The number of carbonyl (C=O) groups excluding carboxylic acids is 1. The van der Waals surface area contributed by atoms with Crippen LogP contribution in [0, 0.1) is 5.82 Å². The summed E-state index contributed by atoms with van der Waals surface area (Å²) in [5.74, 6) is 0.918. The summed E-state index contributed by atoms with van der Waals surface area (Å²) in [5.41, 5.74) is 1.40. The minimum atomic E-state index is -0.427. The van der Waals surface area contributed by atoms with Gasteiger partial charge in [-0.3, -0.25) is 4.79 Å². The zero-order valence-electron chi connectivity index (χ0n) is 16.3. The van der Waals surface area contributed by atoms with Gasteiger partial charge in [-0.15, -0.1) is 0 Å². The van der Waals surface area contributed by atoms with E-state index in [1.807, 2.05) is 0 Å². The molecule has 0 unspecified atom stereocenters. The number of benzene rings is 2. The van der Waals surface area contributed by atoms with Crippen molar-refractivity contribution >= 4 is 11.6 Å². The number of hydrogen-bond acceptors (Lipinski definition) is 4. The second-order valence-electron chi connectivity index (χ2n) is 6.91. The molecular weight excluding hydrogens is 361 g/mol. The predicted molar refractivity (Wildman–Crippen MR) is 106 cm³/mol. The van der Waals surface area contributed by atoms with Gasteiger partial charge in [0, 0.05) is 18.2 Å². The number of amides is 1. The second kappa shape index (κ2) is 9.44. The fourth-order valence-electron chi connectivity index (χ4n) is 3.38. The van der Waals surface area contributed by atoms with Gasteiger partial charge in [0.15, 0.2) is 23.1 Å². The van der Waals surface area contributed by atoms with Crippen molar-refractivity contribution in [3.8, 4) is 17.2 Å². The monoisotopic (exact) mass is 387 g/mol. The summed E-state index contributed by atoms with van der Waals surface area (Å²) in [6.45, 7) is 0. The zero-order chi connectivity index (χ0) is 19.9. The molecule has 0 aliphatic heterocycles. The highest BCUT2D eigenvalue weighted by atomic mass is 19.1. The van der Waals surface area contributed by atoms with E-state index in [1.54, 1.807) is 37.4 Å². The molecule has 28 heavy (non-hydrogen) atoms. The van der Waals surface area contributed by atoms with E-state index in [9.17, 15) is 9.18 Å². The lowest BCUT2D eigenvalue weighted by Crippen LogP contribution is -2.14. The summed E-state index contributed by atoms with van der Waals surface area (Å²) in [7, 11) is 3.02. The molecule has 0 radical (unpaired) electrons. The Morgan fingerprint density at radius 2 is 1.75 bits per heavy atom. The lowest BCUT2D eigenvalue weighted by atomic mass is 10.1. The SMILES string of the molecule is COc1ccc(CCC(=O)Nc2ccc(OC)c(OC3CCCC3)c2)cc1F. The maximum atomic E-state index is 13.8. The third kappa shape index (κ3) is 5.15. The van der Waals surface area contributed by atoms with Crippen molar-refractivity contribution in [2.45, 2.75) is 44.6 Å². The first-order valence-corrected chi connectivity index (χ1v) is 9.56. The summed E-state index contributed by atoms with van der Waals surface area (Å²) >= 11 is 0. The average Bonchev–Trinajstić information content (AvgIpc) is 3.20. The van der Waals surface area contributed by atoms with Gasteiger partial charge in [-0.05, 0) is 61.9 Å². The molecule has 5 nitrogen and oxygen atoms in total. The summed E-state index contributed by atoms with van der Waals surface area (Å²) in [6, 6.07) is 10.1. The topological polar surface area (TPSA) is 56.8 Å². The van der Waals surface area contributed by atoms with Crippen molar-refractivity contribution in [2.24, 2.45) is 0 Å². The summed E-state index contributed by atoms with van der Waals surface area (Å²) < 4.78 is 30.1. The Morgan fingerprint density at radius 3 is 2.43 bits per heavy atom. The molecule has 2 aromatic carbocycles. The molecule has 2 aromatic rings. The van der Waals surface area contributed by atoms with E-state index in [0.717, 1.165) is 18.4 Å². The van der Waals surface area contributed by atoms with Gasteiger partial charge in [0.2, 0.25) is 5.91 Å². The fraction of sp³-hybridized carbons (Fsp3) is 0.409. The Bertz CT molecular complexity index is 818. The van der Waals surface area contributed by atoms with Crippen molar-refractivity contribution < 1.29 is 23.4 Å². The van der Waals surface area contributed by atoms with E-state index in [2.05, 4.69) is 5.32 Å². The highest BCUT2D eigenvalue weighted by molar-refractivity contribution is 5.91. The van der Waals surface area contributed by atoms with E-state index in [-0.39, 0.29) is 24.2 Å². The molecule has 3 rings (SSSR count). The Morgan fingerprint density at radius 1 is 1.04 bits per heavy atom. The van der Waals surface area contributed by atoms with Crippen molar-refractivity contribution in [1.82, 2.24) is 0 Å². The van der Waals surface area contributed by atoms with Crippen LogP contribution >= 0.6 is 0 Å². The van der Waals surface area contributed by atoms with Gasteiger partial charge in [0.25, 0.3) is 0 Å². The molecule has 0 aromatic heterocycles. The van der Waals surface area contributed by atoms with Gasteiger partial charge in [0.1, 0.15) is 0 Å². The Kier molecular flexibility index (Phi) is 6.74. The standard InChI is InChI=1S/C22H26FNO4/c1-26-19-10-7-15(13-18(19)23)8-12-22(25)24-16-9-11-20(27-2)21(14-16)28-17-5-3-4-6-17/h7,9-11,13-14,17H,3-6,8,12H2,1-2H3,(H,24,25). The number of carbonyl (C=O) groups is 1. The maximum absolute atomic E-state index is 13.8. The van der Waals surface area contributed by atoms with Crippen molar-refractivity contribution in [2.75, 3.05) is 19.5 Å². The first-order chi connectivity index (χ1) is 13.6. The Labute approximate surface area is 164 Å². The number of aryl methyl sites for hydroxylation is 1. The van der Waals surface area contributed by atoms with E-state index in [1.165, 1.54) is 26.0 Å². The molecule has 1 N–H and O–H groups in total. The molecular formula is C22H26FNO4. The smallest absolute Gasteiger partial charge is 0.224 e. The quantitative estimate of drug-likeness (QED) is 0.711. The molecule has 1 aliphatic rings. The maximum Gasteiger partial charge on any atom is 0.224 e. The molecule has 0 heterocycles. The normalized spacial score (nSPS) is 14.0. The Balaban J connectivity index is 1.59. The zero-order valence-corrected chi connectivity index (χ0v) is 16.3. The lowest BCUT2D eigenvalue weighted by molar-refractivity contribution is -0.116. The van der Waals surface area contributed by atoms with E-state index >= 15 is 0 Å². The number of rotatable bonds is 8. The molecule has 0 bridgehead atoms. The summed E-state index contributed by atoms with van der Waals surface area (Å²) in [4.78, 5) is 12.3. The van der Waals surface area contributed by atoms with Crippen LogP contribution in [0.2, 0.25) is 0 Å². The highest BCUT2D eigenvalue weighted by Crippen LogP contribution is 2.34. The average molecular weight is 387 g/mol. The largest absolute Gasteiger partial charge is 0.494 e. The van der Waals surface area contributed by atoms with Crippen LogP contribution in [0.4, 0.5) is 10.1 Å². The third-order valence-corrected chi connectivity index (χ3v) is 4.90. The first kappa shape index (κ1) is 20.0. The molecule has 150 valence electrons. The number of nitrogens with one attached hydrogen (secondary N) is 1. The molecule has 0 saturated heterocycles. The van der Waals surface area contributed by atoms with Gasteiger partial charge in [-0.1, -0.05) is 6.07 Å². The summed E-state index contributed by atoms with van der Waals surface area (Å²) in [5, 5.41) is 2.87. The lowest BCUT2D eigenvalue weighted by Gasteiger charge is -2.17. The van der Waals surface area contributed by atoms with Crippen molar-refractivity contribution in [1.29, 1.82) is 0 Å². The summed E-state index contributed by atoms with van der Waals surface area (Å²) in [6.07, 6.45) is 5.32. The van der Waals surface area contributed by atoms with Gasteiger partial charge < -0.3 is 19.5 Å². The van der Waals surface area contributed by atoms with Crippen LogP contribution < -0.4 is 19.5 Å². The number of ether oxygens (including phenoxy) is 3. The van der Waals surface area contributed by atoms with Gasteiger partial charge in [-0.25, -0.2) is 4.39 Å². The molecule has 6 heteroatoms. The minimum absolute atomic E-state index is 0.145. The molecule has 0 atom stereocenters. The van der Waals surface area contributed by atoms with E-state index < -0.39 is 5.82 Å². The number of anilines is 1. The van der Waals surface area contributed by atoms with Crippen LogP contribution in [0.3, 0.4) is 0 Å². The molecule has 1 fully saturated rings. The molecule has 1 amide bonds. The van der Waals surface area contributed by atoms with Crippen LogP contribution in [0.1, 0.15) is 37.7 Å². The fourth-order valence-corrected chi connectivity index (χ4v) is 3.38. The van der Waals surface area contributed by atoms with E-state index in [4.69, 9.17) is 14.2 Å². The highest BCUT2D eigenvalue weighted by Gasteiger charge is 2.19. The first-order valence-electron chi connectivity index (χ1n) is 9.56. The van der Waals surface area contributed by atoms with Gasteiger partial charge >= 0.3 is 0 Å². The molecule has 0 spiro atoms. The third-order valence-electron chi connectivity index (χ3n) is 4.90. The van der Waals surface area contributed by atoms with Crippen LogP contribution in [0.15, 0.2) is 36.4 Å². The van der Waals surface area contributed by atoms with Crippen LogP contribution in [0.5, 0.6) is 17.2 Å². The van der Waals surface area contributed by atoms with Crippen LogP contribution in [0.25, 0.3) is 0 Å². The molecule has 1 aliphatic carbocycles.